The van der Waals surface area contributed by atoms with E-state index in [-0.39, 0.29) is 5.91 Å². The van der Waals surface area contributed by atoms with Crippen LogP contribution in [0.3, 0.4) is 0 Å². The van der Waals surface area contributed by atoms with E-state index in [9.17, 15) is 4.79 Å². The van der Waals surface area contributed by atoms with Gasteiger partial charge in [0.15, 0.2) is 0 Å². The van der Waals surface area contributed by atoms with Crippen molar-refractivity contribution in [2.45, 2.75) is 6.92 Å². The van der Waals surface area contributed by atoms with Gasteiger partial charge in [-0.25, -0.2) is 0 Å². The van der Waals surface area contributed by atoms with Gasteiger partial charge < -0.3 is 4.90 Å². The molecule has 1 heterocycles. The van der Waals surface area contributed by atoms with Crippen LogP contribution in [-0.4, -0.2) is 40.1 Å². The maximum Gasteiger partial charge on any atom is 0.257 e. The normalized spacial score (nSPS) is 10.3. The molecule has 1 rings (SSSR count). The number of rotatable bonds is 3. The number of aromatic nitrogens is 2. The van der Waals surface area contributed by atoms with Gasteiger partial charge in [0, 0.05) is 32.7 Å². The van der Waals surface area contributed by atoms with Gasteiger partial charge in [0.2, 0.25) is 0 Å². The summed E-state index contributed by atoms with van der Waals surface area (Å²) >= 11 is 5.56. The van der Waals surface area contributed by atoms with Crippen molar-refractivity contribution in [3.63, 3.8) is 0 Å². The summed E-state index contributed by atoms with van der Waals surface area (Å²) in [6.45, 7) is 2.37. The molecule has 0 bridgehead atoms. The van der Waals surface area contributed by atoms with Gasteiger partial charge in [-0.2, -0.15) is 5.10 Å². The summed E-state index contributed by atoms with van der Waals surface area (Å²) < 4.78 is 1.64. The van der Waals surface area contributed by atoms with Crippen LogP contribution in [0.4, 0.5) is 0 Å². The Labute approximate surface area is 88.5 Å². The van der Waals surface area contributed by atoms with Crippen LogP contribution in [0.2, 0.25) is 0 Å². The number of alkyl halides is 1. The van der Waals surface area contributed by atoms with Crippen molar-refractivity contribution in [2.75, 3.05) is 19.5 Å². The van der Waals surface area contributed by atoms with E-state index < -0.39 is 0 Å². The van der Waals surface area contributed by atoms with Gasteiger partial charge in [0.25, 0.3) is 5.91 Å². The highest BCUT2D eigenvalue weighted by molar-refractivity contribution is 6.18. The monoisotopic (exact) mass is 215 g/mol. The number of hydrogen-bond donors (Lipinski definition) is 0. The lowest BCUT2D eigenvalue weighted by molar-refractivity contribution is 0.0802. The van der Waals surface area contributed by atoms with Crippen molar-refractivity contribution in [3.05, 3.63) is 17.5 Å². The lowest BCUT2D eigenvalue weighted by atomic mass is 10.2. The Hall–Kier alpha value is -1.03. The van der Waals surface area contributed by atoms with Crippen molar-refractivity contribution in [1.82, 2.24) is 14.7 Å². The van der Waals surface area contributed by atoms with Crippen molar-refractivity contribution in [1.29, 1.82) is 0 Å². The first-order chi connectivity index (χ1) is 6.56. The second-order valence-corrected chi connectivity index (χ2v) is 3.60. The largest absolute Gasteiger partial charge is 0.340 e. The molecule has 1 amide bonds. The van der Waals surface area contributed by atoms with Crippen LogP contribution >= 0.6 is 11.6 Å². The van der Waals surface area contributed by atoms with Crippen molar-refractivity contribution in [3.8, 4) is 0 Å². The third kappa shape index (κ3) is 2.26. The minimum absolute atomic E-state index is 0.0312. The zero-order chi connectivity index (χ0) is 10.7. The molecular weight excluding hydrogens is 202 g/mol. The highest BCUT2D eigenvalue weighted by Crippen LogP contribution is 2.07. The maximum absolute atomic E-state index is 11.8. The SMILES string of the molecule is Cc1nn(C)cc1C(=O)N(C)CCCl. The van der Waals surface area contributed by atoms with Crippen LogP contribution in [0.15, 0.2) is 6.20 Å². The van der Waals surface area contributed by atoms with Gasteiger partial charge in [0.1, 0.15) is 0 Å². The summed E-state index contributed by atoms with van der Waals surface area (Å²) in [4.78, 5) is 13.4. The molecule has 0 aliphatic carbocycles. The van der Waals surface area contributed by atoms with Crippen molar-refractivity contribution in [2.24, 2.45) is 7.05 Å². The van der Waals surface area contributed by atoms with E-state index in [0.29, 0.717) is 18.0 Å². The summed E-state index contributed by atoms with van der Waals surface area (Å²) in [5.41, 5.74) is 1.39. The summed E-state index contributed by atoms with van der Waals surface area (Å²) in [5, 5.41) is 4.11. The summed E-state index contributed by atoms with van der Waals surface area (Å²) in [5.74, 6) is 0.415. The number of hydrogen-bond acceptors (Lipinski definition) is 2. The highest BCUT2D eigenvalue weighted by atomic mass is 35.5. The number of nitrogens with zero attached hydrogens (tertiary/aromatic N) is 3. The van der Waals surface area contributed by atoms with Crippen LogP contribution in [0.1, 0.15) is 16.1 Å². The van der Waals surface area contributed by atoms with Crippen LogP contribution in [0.5, 0.6) is 0 Å². The molecule has 0 saturated heterocycles. The molecule has 0 saturated carbocycles. The first-order valence-electron chi connectivity index (χ1n) is 4.38. The fourth-order valence-electron chi connectivity index (χ4n) is 1.24. The molecule has 14 heavy (non-hydrogen) atoms. The standard InChI is InChI=1S/C9H14ClN3O/c1-7-8(6-13(3)11-7)9(14)12(2)5-4-10/h6H,4-5H2,1-3H3. The number of amides is 1. The summed E-state index contributed by atoms with van der Waals surface area (Å²) in [6.07, 6.45) is 1.72. The van der Waals surface area contributed by atoms with Crippen molar-refractivity contribution < 1.29 is 4.79 Å². The highest BCUT2D eigenvalue weighted by Gasteiger charge is 2.15. The molecule has 1 aromatic rings. The van der Waals surface area contributed by atoms with Crippen molar-refractivity contribution >= 4 is 17.5 Å². The van der Waals surface area contributed by atoms with Crippen LogP contribution in [0.25, 0.3) is 0 Å². The van der Waals surface area contributed by atoms with E-state index in [0.717, 1.165) is 5.69 Å². The summed E-state index contributed by atoms with van der Waals surface area (Å²) in [7, 11) is 3.53. The molecule has 0 aliphatic heterocycles. The number of carbonyl (C=O) groups is 1. The zero-order valence-corrected chi connectivity index (χ0v) is 9.38. The lowest BCUT2D eigenvalue weighted by Gasteiger charge is -2.14. The number of carbonyl (C=O) groups excluding carboxylic acids is 1. The molecule has 4 nitrogen and oxygen atoms in total. The zero-order valence-electron chi connectivity index (χ0n) is 8.62. The Balaban J connectivity index is 2.83. The van der Waals surface area contributed by atoms with Gasteiger partial charge in [-0.1, -0.05) is 0 Å². The van der Waals surface area contributed by atoms with E-state index in [4.69, 9.17) is 11.6 Å². The van der Waals surface area contributed by atoms with Gasteiger partial charge in [-0.15, -0.1) is 11.6 Å². The van der Waals surface area contributed by atoms with Crippen LogP contribution < -0.4 is 0 Å². The fourth-order valence-corrected chi connectivity index (χ4v) is 1.50. The number of aryl methyl sites for hydroxylation is 2. The number of halogens is 1. The average molecular weight is 216 g/mol. The summed E-state index contributed by atoms with van der Waals surface area (Å²) in [6, 6.07) is 0. The Morgan fingerprint density at radius 1 is 1.71 bits per heavy atom. The molecule has 1 aromatic heterocycles. The molecule has 0 fully saturated rings. The lowest BCUT2D eigenvalue weighted by Crippen LogP contribution is -2.28. The third-order valence-electron chi connectivity index (χ3n) is 2.01. The molecule has 5 heteroatoms. The molecular formula is C9H14ClN3O. The molecule has 0 aromatic carbocycles. The predicted molar refractivity (Wildman–Crippen MR) is 55.6 cm³/mol. The molecule has 0 aliphatic rings. The average Bonchev–Trinajstić information content (AvgIpc) is 2.44. The van der Waals surface area contributed by atoms with E-state index in [1.807, 2.05) is 6.92 Å². The fraction of sp³-hybridized carbons (Fsp3) is 0.556. The third-order valence-corrected chi connectivity index (χ3v) is 2.18. The predicted octanol–water partition coefficient (Wildman–Crippen LogP) is 1.04. The molecule has 0 radical (unpaired) electrons. The van der Waals surface area contributed by atoms with Gasteiger partial charge in [0.05, 0.1) is 11.3 Å². The van der Waals surface area contributed by atoms with Crippen LogP contribution in [0, 0.1) is 6.92 Å². The van der Waals surface area contributed by atoms with E-state index >= 15 is 0 Å². The molecule has 0 unspecified atom stereocenters. The molecule has 0 N–H and O–H groups in total. The van der Waals surface area contributed by atoms with Crippen LogP contribution in [-0.2, 0) is 7.05 Å². The Bertz CT molecular complexity index is 335. The Kier molecular flexibility index (Phi) is 3.52. The van der Waals surface area contributed by atoms with Gasteiger partial charge in [-0.05, 0) is 6.92 Å². The quantitative estimate of drug-likeness (QED) is 0.707. The topological polar surface area (TPSA) is 38.1 Å². The second-order valence-electron chi connectivity index (χ2n) is 3.22. The van der Waals surface area contributed by atoms with E-state index in [1.165, 1.54) is 0 Å². The second kappa shape index (κ2) is 4.46. The van der Waals surface area contributed by atoms with E-state index in [2.05, 4.69) is 5.10 Å². The first-order valence-corrected chi connectivity index (χ1v) is 4.91. The van der Waals surface area contributed by atoms with Gasteiger partial charge >= 0.3 is 0 Å². The smallest absolute Gasteiger partial charge is 0.257 e. The maximum atomic E-state index is 11.8. The van der Waals surface area contributed by atoms with E-state index in [1.54, 1.807) is 29.9 Å². The molecule has 78 valence electrons. The van der Waals surface area contributed by atoms with Gasteiger partial charge in [-0.3, -0.25) is 9.48 Å². The molecule has 0 atom stereocenters. The minimum atomic E-state index is -0.0312. The minimum Gasteiger partial charge on any atom is -0.340 e. The molecule has 0 spiro atoms. The Morgan fingerprint density at radius 3 is 2.79 bits per heavy atom. The first kappa shape index (κ1) is 11.0. The Morgan fingerprint density at radius 2 is 2.36 bits per heavy atom.